The van der Waals surface area contributed by atoms with Crippen LogP contribution in [0.15, 0.2) is 24.3 Å². The van der Waals surface area contributed by atoms with E-state index in [0.29, 0.717) is 0 Å². The average Bonchev–Trinajstić information content (AvgIpc) is 2.78. The molecule has 1 aliphatic carbocycles. The predicted molar refractivity (Wildman–Crippen MR) is 72.4 cm³/mol. The molecule has 0 aliphatic heterocycles. The second kappa shape index (κ2) is 5.41. The topological polar surface area (TPSA) is 20.2 Å². The van der Waals surface area contributed by atoms with E-state index in [9.17, 15) is 5.11 Å². The van der Waals surface area contributed by atoms with E-state index in [2.05, 4.69) is 6.92 Å². The maximum Gasteiger partial charge on any atom is 0.0636 e. The molecule has 1 aromatic carbocycles. The van der Waals surface area contributed by atoms with Gasteiger partial charge in [-0.15, -0.1) is 0 Å². The van der Waals surface area contributed by atoms with Crippen molar-refractivity contribution in [3.63, 3.8) is 0 Å². The van der Waals surface area contributed by atoms with E-state index >= 15 is 0 Å². The van der Waals surface area contributed by atoms with Crippen LogP contribution in [0.1, 0.15) is 44.6 Å². The van der Waals surface area contributed by atoms with Crippen molar-refractivity contribution in [2.24, 2.45) is 5.41 Å². The van der Waals surface area contributed by atoms with Crippen molar-refractivity contribution in [2.75, 3.05) is 0 Å². The van der Waals surface area contributed by atoms with Crippen LogP contribution in [-0.2, 0) is 6.42 Å². The van der Waals surface area contributed by atoms with Gasteiger partial charge in [0, 0.05) is 5.02 Å². The lowest BCUT2D eigenvalue weighted by molar-refractivity contribution is 0.0257. The molecule has 1 aliphatic rings. The van der Waals surface area contributed by atoms with Crippen LogP contribution in [0.3, 0.4) is 0 Å². The van der Waals surface area contributed by atoms with Crippen molar-refractivity contribution < 1.29 is 5.11 Å². The van der Waals surface area contributed by atoms with Gasteiger partial charge in [-0.05, 0) is 48.8 Å². The lowest BCUT2D eigenvalue weighted by Crippen LogP contribution is -2.33. The summed E-state index contributed by atoms with van der Waals surface area (Å²) >= 11 is 5.97. The quantitative estimate of drug-likeness (QED) is 0.851. The van der Waals surface area contributed by atoms with Gasteiger partial charge < -0.3 is 5.11 Å². The molecule has 2 rings (SSSR count). The predicted octanol–water partition coefficient (Wildman–Crippen LogP) is 4.21. The summed E-state index contributed by atoms with van der Waals surface area (Å²) in [6, 6.07) is 7.84. The molecule has 0 aromatic heterocycles. The highest BCUT2D eigenvalue weighted by molar-refractivity contribution is 6.30. The first kappa shape index (κ1) is 12.9. The summed E-state index contributed by atoms with van der Waals surface area (Å²) in [6.07, 6.45) is 6.45. The van der Waals surface area contributed by atoms with E-state index in [0.717, 1.165) is 23.4 Å². The molecule has 0 bridgehead atoms. The van der Waals surface area contributed by atoms with E-state index in [1.165, 1.54) is 25.7 Å². The molecular weight excluding hydrogens is 232 g/mol. The molecule has 94 valence electrons. The van der Waals surface area contributed by atoms with E-state index < -0.39 is 0 Å². The van der Waals surface area contributed by atoms with E-state index in [1.54, 1.807) is 0 Å². The van der Waals surface area contributed by atoms with Crippen LogP contribution in [0.25, 0.3) is 0 Å². The molecule has 1 N–H and O–H groups in total. The fourth-order valence-corrected chi connectivity index (χ4v) is 3.32. The van der Waals surface area contributed by atoms with E-state index in [-0.39, 0.29) is 11.5 Å². The summed E-state index contributed by atoms with van der Waals surface area (Å²) in [5.41, 5.74) is 1.30. The Bertz CT molecular complexity index is 369. The van der Waals surface area contributed by atoms with Crippen molar-refractivity contribution in [3.8, 4) is 0 Å². The number of halogens is 1. The molecule has 1 fully saturated rings. The summed E-state index contributed by atoms with van der Waals surface area (Å²) in [5, 5.41) is 11.3. The molecule has 1 saturated carbocycles. The van der Waals surface area contributed by atoms with E-state index in [1.807, 2.05) is 24.3 Å². The first-order valence-electron chi connectivity index (χ1n) is 6.59. The van der Waals surface area contributed by atoms with Gasteiger partial charge in [0.1, 0.15) is 0 Å². The Morgan fingerprint density at radius 3 is 2.65 bits per heavy atom. The number of hydrogen-bond donors (Lipinski definition) is 1. The van der Waals surface area contributed by atoms with Gasteiger partial charge in [-0.1, -0.05) is 43.5 Å². The fourth-order valence-electron chi connectivity index (χ4n) is 3.11. The van der Waals surface area contributed by atoms with Crippen LogP contribution in [0, 0.1) is 5.41 Å². The fraction of sp³-hybridized carbons (Fsp3) is 0.600. The van der Waals surface area contributed by atoms with Crippen LogP contribution in [0.2, 0.25) is 5.02 Å². The van der Waals surface area contributed by atoms with Gasteiger partial charge in [0.15, 0.2) is 0 Å². The second-order valence-electron chi connectivity index (χ2n) is 5.27. The number of rotatable bonds is 4. The molecule has 0 spiro atoms. The van der Waals surface area contributed by atoms with Crippen molar-refractivity contribution >= 4 is 11.6 Å². The van der Waals surface area contributed by atoms with E-state index in [4.69, 9.17) is 11.6 Å². The third-order valence-corrected chi connectivity index (χ3v) is 4.56. The van der Waals surface area contributed by atoms with Gasteiger partial charge in [0.05, 0.1) is 6.10 Å². The number of aliphatic hydroxyl groups excluding tert-OH is 1. The second-order valence-corrected chi connectivity index (χ2v) is 5.71. The molecule has 0 radical (unpaired) electrons. The zero-order valence-corrected chi connectivity index (χ0v) is 11.2. The van der Waals surface area contributed by atoms with Gasteiger partial charge in [-0.25, -0.2) is 0 Å². The van der Waals surface area contributed by atoms with Crippen molar-refractivity contribution in [2.45, 2.75) is 51.6 Å². The van der Waals surface area contributed by atoms with Crippen molar-refractivity contribution in [1.29, 1.82) is 0 Å². The number of benzene rings is 1. The zero-order chi connectivity index (χ0) is 12.3. The monoisotopic (exact) mass is 252 g/mol. The highest BCUT2D eigenvalue weighted by Gasteiger charge is 2.38. The Hall–Kier alpha value is -0.530. The number of aliphatic hydroxyl groups is 1. The van der Waals surface area contributed by atoms with Crippen LogP contribution < -0.4 is 0 Å². The molecule has 1 nitrogen and oxygen atoms in total. The Kier molecular flexibility index (Phi) is 4.11. The molecule has 0 heterocycles. The molecule has 1 unspecified atom stereocenters. The highest BCUT2D eigenvalue weighted by atomic mass is 35.5. The van der Waals surface area contributed by atoms with Gasteiger partial charge in [0.2, 0.25) is 0 Å². The largest absolute Gasteiger partial charge is 0.392 e. The third kappa shape index (κ3) is 2.83. The lowest BCUT2D eigenvalue weighted by Gasteiger charge is -2.33. The van der Waals surface area contributed by atoms with Gasteiger partial charge >= 0.3 is 0 Å². The molecule has 0 saturated heterocycles. The van der Waals surface area contributed by atoms with Crippen molar-refractivity contribution in [1.82, 2.24) is 0 Å². The maximum atomic E-state index is 10.5. The molecule has 17 heavy (non-hydrogen) atoms. The van der Waals surface area contributed by atoms with Gasteiger partial charge in [0.25, 0.3) is 0 Å². The lowest BCUT2D eigenvalue weighted by atomic mass is 9.76. The Morgan fingerprint density at radius 1 is 1.35 bits per heavy atom. The van der Waals surface area contributed by atoms with Crippen LogP contribution in [0.5, 0.6) is 0 Å². The van der Waals surface area contributed by atoms with Gasteiger partial charge in [-0.3, -0.25) is 0 Å². The van der Waals surface area contributed by atoms with Crippen LogP contribution in [0.4, 0.5) is 0 Å². The highest BCUT2D eigenvalue weighted by Crippen LogP contribution is 2.44. The molecular formula is C15H21ClO. The Balaban J connectivity index is 2.07. The summed E-state index contributed by atoms with van der Waals surface area (Å²) < 4.78 is 0. The third-order valence-electron chi connectivity index (χ3n) is 4.33. The smallest absolute Gasteiger partial charge is 0.0636 e. The summed E-state index contributed by atoms with van der Waals surface area (Å²) in [5.74, 6) is 0. The minimum atomic E-state index is -0.228. The first-order valence-corrected chi connectivity index (χ1v) is 6.96. The first-order chi connectivity index (χ1) is 8.16. The zero-order valence-electron chi connectivity index (χ0n) is 10.5. The SMILES string of the molecule is CCC1(C(O)Cc2cccc(Cl)c2)CCCC1. The summed E-state index contributed by atoms with van der Waals surface area (Å²) in [6.45, 7) is 2.20. The van der Waals surface area contributed by atoms with Crippen molar-refractivity contribution in [3.05, 3.63) is 34.9 Å². The molecule has 1 aromatic rings. The Morgan fingerprint density at radius 2 is 2.06 bits per heavy atom. The molecule has 0 amide bonds. The normalized spacial score (nSPS) is 20.4. The van der Waals surface area contributed by atoms with Crippen LogP contribution >= 0.6 is 11.6 Å². The summed E-state index contributed by atoms with van der Waals surface area (Å²) in [7, 11) is 0. The average molecular weight is 253 g/mol. The molecule has 2 heteroatoms. The molecule has 1 atom stereocenters. The minimum absolute atomic E-state index is 0.155. The summed E-state index contributed by atoms with van der Waals surface area (Å²) in [4.78, 5) is 0. The standard InChI is InChI=1S/C15H21ClO/c1-2-15(8-3-4-9-15)14(17)11-12-6-5-7-13(16)10-12/h5-7,10,14,17H,2-4,8-9,11H2,1H3. The number of hydrogen-bond acceptors (Lipinski definition) is 1. The van der Waals surface area contributed by atoms with Crippen LogP contribution in [-0.4, -0.2) is 11.2 Å². The minimum Gasteiger partial charge on any atom is -0.392 e. The van der Waals surface area contributed by atoms with Gasteiger partial charge in [-0.2, -0.15) is 0 Å². The Labute approximate surface area is 109 Å². The maximum absolute atomic E-state index is 10.5.